The van der Waals surface area contributed by atoms with E-state index in [0.29, 0.717) is 5.92 Å². The first-order valence-electron chi connectivity index (χ1n) is 6.98. The standard InChI is InChI=1S/C18H18N2/c1-12(2)18-15(17-6-4-5-9-19-17)11-14-10-13(3)7-8-16(14)20-18/h4-12H,1-3H3. The highest BCUT2D eigenvalue weighted by Gasteiger charge is 2.13. The summed E-state index contributed by atoms with van der Waals surface area (Å²) in [4.78, 5) is 9.33. The molecular formula is C18H18N2. The van der Waals surface area contributed by atoms with Crippen molar-refractivity contribution >= 4 is 10.9 Å². The first-order valence-corrected chi connectivity index (χ1v) is 6.98. The third kappa shape index (κ3) is 2.29. The average molecular weight is 262 g/mol. The summed E-state index contributed by atoms with van der Waals surface area (Å²) in [5.41, 5.74) is 5.55. The van der Waals surface area contributed by atoms with Crippen LogP contribution in [-0.4, -0.2) is 9.97 Å². The molecule has 0 atom stereocenters. The highest BCUT2D eigenvalue weighted by atomic mass is 14.7. The number of fused-ring (bicyclic) bond motifs is 1. The summed E-state index contributed by atoms with van der Waals surface area (Å²) in [7, 11) is 0. The van der Waals surface area contributed by atoms with E-state index in [4.69, 9.17) is 4.98 Å². The van der Waals surface area contributed by atoms with E-state index >= 15 is 0 Å². The Balaban J connectivity index is 2.30. The molecule has 0 spiro atoms. The van der Waals surface area contributed by atoms with E-state index in [9.17, 15) is 0 Å². The summed E-state index contributed by atoms with van der Waals surface area (Å²) >= 11 is 0. The molecule has 0 aliphatic carbocycles. The fourth-order valence-electron chi connectivity index (χ4n) is 2.48. The molecule has 0 aliphatic rings. The van der Waals surface area contributed by atoms with Crippen LogP contribution in [0, 0.1) is 6.92 Å². The molecule has 2 heterocycles. The van der Waals surface area contributed by atoms with Crippen LogP contribution in [0.5, 0.6) is 0 Å². The molecular weight excluding hydrogens is 244 g/mol. The van der Waals surface area contributed by atoms with Gasteiger partial charge in [0, 0.05) is 17.1 Å². The van der Waals surface area contributed by atoms with Gasteiger partial charge in [0.2, 0.25) is 0 Å². The van der Waals surface area contributed by atoms with Gasteiger partial charge in [0.25, 0.3) is 0 Å². The van der Waals surface area contributed by atoms with Gasteiger partial charge in [-0.2, -0.15) is 0 Å². The molecule has 0 radical (unpaired) electrons. The number of pyridine rings is 2. The molecule has 0 bridgehead atoms. The van der Waals surface area contributed by atoms with Crippen molar-refractivity contribution in [2.75, 3.05) is 0 Å². The van der Waals surface area contributed by atoms with Crippen molar-refractivity contribution in [1.29, 1.82) is 0 Å². The number of aryl methyl sites for hydroxylation is 1. The van der Waals surface area contributed by atoms with Crippen LogP contribution in [0.2, 0.25) is 0 Å². The minimum absolute atomic E-state index is 0.373. The summed E-state index contributed by atoms with van der Waals surface area (Å²) < 4.78 is 0. The molecule has 0 fully saturated rings. The van der Waals surface area contributed by atoms with Crippen LogP contribution in [0.4, 0.5) is 0 Å². The van der Waals surface area contributed by atoms with E-state index in [-0.39, 0.29) is 0 Å². The van der Waals surface area contributed by atoms with Crippen molar-refractivity contribution in [2.24, 2.45) is 0 Å². The third-order valence-electron chi connectivity index (χ3n) is 3.49. The minimum atomic E-state index is 0.373. The van der Waals surface area contributed by atoms with Gasteiger partial charge in [-0.15, -0.1) is 0 Å². The van der Waals surface area contributed by atoms with E-state index in [2.05, 4.69) is 50.0 Å². The normalized spacial score (nSPS) is 11.2. The summed E-state index contributed by atoms with van der Waals surface area (Å²) in [6.45, 7) is 6.46. The molecule has 1 aromatic carbocycles. The highest BCUT2D eigenvalue weighted by Crippen LogP contribution is 2.30. The molecule has 0 aliphatic heterocycles. The second kappa shape index (κ2) is 5.04. The Labute approximate surface area is 119 Å². The third-order valence-corrected chi connectivity index (χ3v) is 3.49. The Morgan fingerprint density at radius 1 is 1.00 bits per heavy atom. The fraction of sp³-hybridized carbons (Fsp3) is 0.222. The SMILES string of the molecule is Cc1ccc2nc(C(C)C)c(-c3ccccn3)cc2c1. The first-order chi connectivity index (χ1) is 9.65. The molecule has 2 nitrogen and oxygen atoms in total. The molecule has 0 amide bonds. The Bertz CT molecular complexity index is 746. The van der Waals surface area contributed by atoms with Gasteiger partial charge in [0.05, 0.1) is 16.9 Å². The van der Waals surface area contributed by atoms with E-state index in [0.717, 1.165) is 22.5 Å². The Morgan fingerprint density at radius 2 is 1.85 bits per heavy atom. The number of rotatable bonds is 2. The van der Waals surface area contributed by atoms with Gasteiger partial charge >= 0.3 is 0 Å². The van der Waals surface area contributed by atoms with Crippen LogP contribution in [0.15, 0.2) is 48.7 Å². The molecule has 0 saturated carbocycles. The molecule has 2 heteroatoms. The number of nitrogens with zero attached hydrogens (tertiary/aromatic N) is 2. The van der Waals surface area contributed by atoms with E-state index in [1.807, 2.05) is 24.4 Å². The average Bonchev–Trinajstić information content (AvgIpc) is 2.46. The van der Waals surface area contributed by atoms with Crippen molar-refractivity contribution in [3.05, 3.63) is 59.9 Å². The van der Waals surface area contributed by atoms with Gasteiger partial charge in [-0.05, 0) is 43.2 Å². The fourth-order valence-corrected chi connectivity index (χ4v) is 2.48. The van der Waals surface area contributed by atoms with E-state index in [1.165, 1.54) is 10.9 Å². The Kier molecular flexibility index (Phi) is 3.23. The van der Waals surface area contributed by atoms with Crippen molar-refractivity contribution in [3.8, 4) is 11.3 Å². The highest BCUT2D eigenvalue weighted by molar-refractivity contribution is 5.85. The van der Waals surface area contributed by atoms with Crippen LogP contribution >= 0.6 is 0 Å². The molecule has 0 unspecified atom stereocenters. The molecule has 100 valence electrons. The van der Waals surface area contributed by atoms with E-state index in [1.54, 1.807) is 0 Å². The lowest BCUT2D eigenvalue weighted by Gasteiger charge is -2.13. The van der Waals surface area contributed by atoms with Gasteiger partial charge < -0.3 is 0 Å². The molecule has 3 rings (SSSR count). The minimum Gasteiger partial charge on any atom is -0.256 e. The topological polar surface area (TPSA) is 25.8 Å². The summed E-state index contributed by atoms with van der Waals surface area (Å²) in [6, 6.07) is 14.6. The Morgan fingerprint density at radius 3 is 2.55 bits per heavy atom. The monoisotopic (exact) mass is 262 g/mol. The number of benzene rings is 1. The molecule has 0 saturated heterocycles. The van der Waals surface area contributed by atoms with Crippen molar-refractivity contribution in [3.63, 3.8) is 0 Å². The first kappa shape index (κ1) is 12.8. The quantitative estimate of drug-likeness (QED) is 0.667. The number of hydrogen-bond donors (Lipinski definition) is 0. The molecule has 0 N–H and O–H groups in total. The zero-order valence-electron chi connectivity index (χ0n) is 12.1. The predicted octanol–water partition coefficient (Wildman–Crippen LogP) is 4.73. The Hall–Kier alpha value is -2.22. The smallest absolute Gasteiger partial charge is 0.0720 e. The van der Waals surface area contributed by atoms with Crippen LogP contribution in [0.3, 0.4) is 0 Å². The van der Waals surface area contributed by atoms with Crippen LogP contribution in [-0.2, 0) is 0 Å². The summed E-state index contributed by atoms with van der Waals surface area (Å²) in [6.07, 6.45) is 1.83. The van der Waals surface area contributed by atoms with Crippen LogP contribution in [0.1, 0.15) is 31.0 Å². The van der Waals surface area contributed by atoms with Gasteiger partial charge in [0.15, 0.2) is 0 Å². The lowest BCUT2D eigenvalue weighted by atomic mass is 9.98. The molecule has 2 aromatic heterocycles. The zero-order chi connectivity index (χ0) is 14.1. The number of hydrogen-bond acceptors (Lipinski definition) is 2. The second-order valence-corrected chi connectivity index (χ2v) is 5.49. The van der Waals surface area contributed by atoms with Gasteiger partial charge in [0.1, 0.15) is 0 Å². The zero-order valence-corrected chi connectivity index (χ0v) is 12.1. The summed E-state index contributed by atoms with van der Waals surface area (Å²) in [5.74, 6) is 0.373. The van der Waals surface area contributed by atoms with Crippen LogP contribution in [0.25, 0.3) is 22.2 Å². The largest absolute Gasteiger partial charge is 0.256 e. The number of aromatic nitrogens is 2. The van der Waals surface area contributed by atoms with Crippen molar-refractivity contribution < 1.29 is 0 Å². The van der Waals surface area contributed by atoms with Crippen molar-refractivity contribution in [1.82, 2.24) is 9.97 Å². The lowest BCUT2D eigenvalue weighted by molar-refractivity contribution is 0.831. The maximum absolute atomic E-state index is 4.85. The molecule has 3 aromatic rings. The van der Waals surface area contributed by atoms with E-state index < -0.39 is 0 Å². The van der Waals surface area contributed by atoms with Gasteiger partial charge in [-0.25, -0.2) is 0 Å². The summed E-state index contributed by atoms with van der Waals surface area (Å²) in [5, 5.41) is 1.18. The molecule has 20 heavy (non-hydrogen) atoms. The van der Waals surface area contributed by atoms with Gasteiger partial charge in [-0.3, -0.25) is 9.97 Å². The second-order valence-electron chi connectivity index (χ2n) is 5.49. The van der Waals surface area contributed by atoms with Crippen LogP contribution < -0.4 is 0 Å². The predicted molar refractivity (Wildman–Crippen MR) is 83.8 cm³/mol. The maximum atomic E-state index is 4.85. The van der Waals surface area contributed by atoms with Gasteiger partial charge in [-0.1, -0.05) is 31.5 Å². The maximum Gasteiger partial charge on any atom is 0.0720 e. The lowest BCUT2D eigenvalue weighted by Crippen LogP contribution is -1.99. The van der Waals surface area contributed by atoms with Crippen molar-refractivity contribution in [2.45, 2.75) is 26.7 Å².